The number of nitrogens with one attached hydrogen (secondary N) is 1. The zero-order chi connectivity index (χ0) is 22.7. The topological polar surface area (TPSA) is 108 Å². The zero-order valence-electron chi connectivity index (χ0n) is 16.6. The molecule has 0 aliphatic carbocycles. The van der Waals surface area contributed by atoms with E-state index >= 15 is 0 Å². The van der Waals surface area contributed by atoms with Gasteiger partial charge in [0.25, 0.3) is 5.56 Å². The van der Waals surface area contributed by atoms with Crippen LogP contribution in [-0.2, 0) is 11.3 Å². The third-order valence-electron chi connectivity index (χ3n) is 4.34. The molecule has 0 aliphatic heterocycles. The molecule has 0 saturated carbocycles. The lowest BCUT2D eigenvalue weighted by Crippen LogP contribution is -2.29. The Morgan fingerprint density at radius 3 is 2.68 bits per heavy atom. The molecule has 2 aromatic carbocycles. The number of nitriles is 1. The molecule has 1 aromatic heterocycles. The average Bonchev–Trinajstić information content (AvgIpc) is 2.70. The number of fused-ring (bicyclic) bond motifs is 1. The molecule has 0 spiro atoms. The van der Waals surface area contributed by atoms with E-state index in [0.717, 1.165) is 11.8 Å². The summed E-state index contributed by atoms with van der Waals surface area (Å²) in [6.45, 7) is 3.27. The Bertz CT molecular complexity index is 1250. The molecule has 0 unspecified atom stereocenters. The van der Waals surface area contributed by atoms with Crippen LogP contribution in [-0.4, -0.2) is 31.9 Å². The van der Waals surface area contributed by atoms with Gasteiger partial charge in [-0.15, -0.1) is 0 Å². The van der Waals surface area contributed by atoms with Gasteiger partial charge in [0.1, 0.15) is 6.07 Å². The Balaban J connectivity index is 1.90. The third-order valence-corrected chi connectivity index (χ3v) is 5.98. The normalized spacial score (nSPS) is 12.9. The number of rotatable bonds is 6. The van der Waals surface area contributed by atoms with Gasteiger partial charge in [-0.25, -0.2) is 4.98 Å². The molecule has 10 heteroatoms. The molecule has 7 nitrogen and oxygen atoms in total. The first-order valence-electron chi connectivity index (χ1n) is 9.25. The van der Waals surface area contributed by atoms with Gasteiger partial charge in [0.2, 0.25) is 5.91 Å². The number of hydrogen-bond acceptors (Lipinski definition) is 6. The van der Waals surface area contributed by atoms with Crippen molar-refractivity contribution in [1.29, 1.82) is 5.26 Å². The van der Waals surface area contributed by atoms with Gasteiger partial charge >= 0.3 is 0 Å². The number of amides is 1. The summed E-state index contributed by atoms with van der Waals surface area (Å²) in [5, 5.41) is 22.3. The van der Waals surface area contributed by atoms with Crippen LogP contribution in [0.2, 0.25) is 10.0 Å². The summed E-state index contributed by atoms with van der Waals surface area (Å²) in [6.07, 6.45) is -0.784. The third kappa shape index (κ3) is 5.38. The number of hydrogen-bond donors (Lipinski definition) is 2. The highest BCUT2D eigenvalue weighted by molar-refractivity contribution is 8.00. The molecule has 2 atom stereocenters. The van der Waals surface area contributed by atoms with Gasteiger partial charge in [0.05, 0.1) is 39.4 Å². The maximum Gasteiger partial charge on any atom is 0.262 e. The van der Waals surface area contributed by atoms with E-state index in [2.05, 4.69) is 10.3 Å². The Hall–Kier alpha value is -2.57. The van der Waals surface area contributed by atoms with Crippen molar-refractivity contribution < 1.29 is 9.90 Å². The first-order valence-corrected chi connectivity index (χ1v) is 10.9. The number of benzene rings is 2. The SMILES string of the molecule is C[C@H](O)Cn1c(S[C@H](C)C(=O)Nc2ccc(C#N)c(Cl)c2)nc2cc(Cl)ccc2c1=O. The Labute approximate surface area is 192 Å². The van der Waals surface area contributed by atoms with Gasteiger partial charge < -0.3 is 10.4 Å². The van der Waals surface area contributed by atoms with Crippen LogP contribution < -0.4 is 10.9 Å². The van der Waals surface area contributed by atoms with Crippen LogP contribution in [0.15, 0.2) is 46.3 Å². The van der Waals surface area contributed by atoms with Crippen LogP contribution in [0.1, 0.15) is 19.4 Å². The van der Waals surface area contributed by atoms with Crippen molar-refractivity contribution >= 4 is 57.5 Å². The molecule has 0 aliphatic rings. The number of carbonyl (C=O) groups is 1. The average molecular weight is 477 g/mol. The van der Waals surface area contributed by atoms with Gasteiger partial charge in [-0.05, 0) is 50.2 Å². The molecule has 0 fully saturated rings. The van der Waals surface area contributed by atoms with E-state index in [0.29, 0.717) is 32.3 Å². The summed E-state index contributed by atoms with van der Waals surface area (Å²) in [6, 6.07) is 11.3. The van der Waals surface area contributed by atoms with E-state index in [-0.39, 0.29) is 23.0 Å². The van der Waals surface area contributed by atoms with Crippen molar-refractivity contribution in [3.8, 4) is 6.07 Å². The summed E-state index contributed by atoms with van der Waals surface area (Å²) in [5.74, 6) is -0.338. The van der Waals surface area contributed by atoms with Crippen molar-refractivity contribution in [2.24, 2.45) is 0 Å². The molecule has 2 N–H and O–H groups in total. The Morgan fingerprint density at radius 2 is 2.03 bits per heavy atom. The molecule has 1 heterocycles. The molecule has 0 saturated heterocycles. The van der Waals surface area contributed by atoms with Crippen LogP contribution in [0.5, 0.6) is 0 Å². The number of carbonyl (C=O) groups excluding carboxylic acids is 1. The zero-order valence-corrected chi connectivity index (χ0v) is 18.9. The quantitative estimate of drug-likeness (QED) is 0.409. The number of aliphatic hydroxyl groups is 1. The van der Waals surface area contributed by atoms with E-state index in [1.165, 1.54) is 16.7 Å². The highest BCUT2D eigenvalue weighted by Crippen LogP contribution is 2.26. The standard InChI is InChI=1S/C21H18Cl2N4O3S/c1-11(28)10-27-20(30)16-6-4-14(22)7-18(16)26-21(27)31-12(2)19(29)25-15-5-3-13(9-24)17(23)8-15/h3-8,11-12,28H,10H2,1-2H3,(H,25,29)/t11-,12+/m0/s1. The second-order valence-electron chi connectivity index (χ2n) is 6.88. The van der Waals surface area contributed by atoms with Crippen molar-refractivity contribution in [2.45, 2.75) is 36.9 Å². The minimum atomic E-state index is -0.784. The maximum atomic E-state index is 13.0. The highest BCUT2D eigenvalue weighted by atomic mass is 35.5. The minimum Gasteiger partial charge on any atom is -0.392 e. The van der Waals surface area contributed by atoms with E-state index in [1.807, 2.05) is 6.07 Å². The predicted molar refractivity (Wildman–Crippen MR) is 123 cm³/mol. The number of aliphatic hydroxyl groups excluding tert-OH is 1. The summed E-state index contributed by atoms with van der Waals surface area (Å²) in [7, 11) is 0. The number of anilines is 1. The minimum absolute atomic E-state index is 0.0340. The van der Waals surface area contributed by atoms with Crippen molar-refractivity contribution in [1.82, 2.24) is 9.55 Å². The summed E-state index contributed by atoms with van der Waals surface area (Å²) < 4.78 is 1.36. The highest BCUT2D eigenvalue weighted by Gasteiger charge is 2.21. The van der Waals surface area contributed by atoms with Gasteiger partial charge in [-0.1, -0.05) is 35.0 Å². The molecule has 31 heavy (non-hydrogen) atoms. The van der Waals surface area contributed by atoms with E-state index < -0.39 is 11.4 Å². The van der Waals surface area contributed by atoms with Crippen molar-refractivity contribution in [3.05, 3.63) is 62.4 Å². The Kier molecular flexibility index (Phi) is 7.23. The van der Waals surface area contributed by atoms with Gasteiger partial charge in [-0.2, -0.15) is 5.26 Å². The van der Waals surface area contributed by atoms with Crippen LogP contribution in [0.3, 0.4) is 0 Å². The molecular formula is C21H18Cl2N4O3S. The first-order chi connectivity index (χ1) is 14.7. The lowest BCUT2D eigenvalue weighted by atomic mass is 10.2. The van der Waals surface area contributed by atoms with Crippen molar-refractivity contribution in [3.63, 3.8) is 0 Å². The van der Waals surface area contributed by atoms with Gasteiger partial charge in [-0.3, -0.25) is 14.2 Å². The smallest absolute Gasteiger partial charge is 0.262 e. The number of thioether (sulfide) groups is 1. The summed E-state index contributed by atoms with van der Waals surface area (Å²) >= 11 is 13.1. The van der Waals surface area contributed by atoms with E-state index in [9.17, 15) is 14.7 Å². The number of aromatic nitrogens is 2. The summed E-state index contributed by atoms with van der Waals surface area (Å²) in [4.78, 5) is 30.2. The second kappa shape index (κ2) is 9.71. The number of halogens is 2. The van der Waals surface area contributed by atoms with Gasteiger partial charge in [0.15, 0.2) is 5.16 Å². The summed E-state index contributed by atoms with van der Waals surface area (Å²) in [5.41, 5.74) is 0.842. The fraction of sp³-hybridized carbons (Fsp3) is 0.238. The van der Waals surface area contributed by atoms with E-state index in [1.54, 1.807) is 38.1 Å². The molecule has 3 aromatic rings. The van der Waals surface area contributed by atoms with E-state index in [4.69, 9.17) is 28.5 Å². The molecule has 1 amide bonds. The number of nitrogens with zero attached hydrogens (tertiary/aromatic N) is 3. The second-order valence-corrected chi connectivity index (χ2v) is 9.03. The molecule has 0 bridgehead atoms. The van der Waals surface area contributed by atoms with Crippen LogP contribution in [0, 0.1) is 11.3 Å². The van der Waals surface area contributed by atoms with Gasteiger partial charge in [0, 0.05) is 10.7 Å². The molecule has 160 valence electrons. The monoisotopic (exact) mass is 476 g/mol. The van der Waals surface area contributed by atoms with Crippen LogP contribution in [0.4, 0.5) is 5.69 Å². The van der Waals surface area contributed by atoms with Crippen molar-refractivity contribution in [2.75, 3.05) is 5.32 Å². The largest absolute Gasteiger partial charge is 0.392 e. The lowest BCUT2D eigenvalue weighted by Gasteiger charge is -2.17. The molecular weight excluding hydrogens is 459 g/mol. The Morgan fingerprint density at radius 1 is 1.29 bits per heavy atom. The fourth-order valence-electron chi connectivity index (χ4n) is 2.83. The van der Waals surface area contributed by atoms with Crippen LogP contribution >= 0.6 is 35.0 Å². The molecule has 0 radical (unpaired) electrons. The first kappa shape index (κ1) is 23.1. The predicted octanol–water partition coefficient (Wildman–Crippen LogP) is 4.08. The van der Waals surface area contributed by atoms with Crippen LogP contribution in [0.25, 0.3) is 10.9 Å². The lowest BCUT2D eigenvalue weighted by molar-refractivity contribution is -0.115. The molecule has 3 rings (SSSR count). The fourth-order valence-corrected chi connectivity index (χ4v) is 4.14. The maximum absolute atomic E-state index is 13.0.